The lowest BCUT2D eigenvalue weighted by molar-refractivity contribution is -0.118. The van der Waals surface area contributed by atoms with Crippen molar-refractivity contribution in [3.8, 4) is 11.3 Å². The van der Waals surface area contributed by atoms with Gasteiger partial charge in [0, 0.05) is 29.3 Å². The Bertz CT molecular complexity index is 886. The predicted molar refractivity (Wildman–Crippen MR) is 99.6 cm³/mol. The summed E-state index contributed by atoms with van der Waals surface area (Å²) in [5.41, 5.74) is 6.09. The van der Waals surface area contributed by atoms with E-state index in [4.69, 9.17) is 11.6 Å². The third-order valence-corrected chi connectivity index (χ3v) is 3.77. The molecule has 2 aromatic carbocycles. The van der Waals surface area contributed by atoms with Gasteiger partial charge in [0.1, 0.15) is 5.69 Å². The van der Waals surface area contributed by atoms with Crippen molar-refractivity contribution in [1.29, 1.82) is 0 Å². The van der Waals surface area contributed by atoms with Crippen LogP contribution in [0, 0.1) is 0 Å². The third-order valence-electron chi connectivity index (χ3n) is 3.52. The number of aromatic nitrogens is 2. The molecule has 0 fully saturated rings. The van der Waals surface area contributed by atoms with E-state index in [-0.39, 0.29) is 5.91 Å². The summed E-state index contributed by atoms with van der Waals surface area (Å²) in [6.07, 6.45) is 3.50. The van der Waals surface area contributed by atoms with Crippen LogP contribution in [-0.2, 0) is 11.3 Å². The second-order valence-electron chi connectivity index (χ2n) is 5.55. The first-order valence-corrected chi connectivity index (χ1v) is 8.16. The Labute approximate surface area is 150 Å². The van der Waals surface area contributed by atoms with Crippen LogP contribution in [0.2, 0.25) is 5.02 Å². The third kappa shape index (κ3) is 4.55. The van der Waals surface area contributed by atoms with Crippen LogP contribution in [0.25, 0.3) is 11.3 Å². The topological polar surface area (TPSA) is 59.3 Å². The molecule has 0 unspecified atom stereocenters. The minimum Gasteiger partial charge on any atom is -0.274 e. The van der Waals surface area contributed by atoms with Gasteiger partial charge in [0.05, 0.1) is 12.8 Å². The predicted octanol–water partition coefficient (Wildman–Crippen LogP) is 3.72. The van der Waals surface area contributed by atoms with Gasteiger partial charge in [0.25, 0.3) is 0 Å². The first-order valence-electron chi connectivity index (χ1n) is 7.79. The van der Waals surface area contributed by atoms with Gasteiger partial charge in [-0.3, -0.25) is 9.48 Å². The Morgan fingerprint density at radius 1 is 1.20 bits per heavy atom. The number of hydrazone groups is 1. The number of carbonyl (C=O) groups excluding carboxylic acids is 1. The molecule has 3 aromatic rings. The van der Waals surface area contributed by atoms with Crippen molar-refractivity contribution in [3.63, 3.8) is 0 Å². The molecule has 1 amide bonds. The van der Waals surface area contributed by atoms with Crippen molar-refractivity contribution in [1.82, 2.24) is 15.2 Å². The minimum atomic E-state index is -0.221. The number of halogens is 1. The molecule has 1 N–H and O–H groups in total. The van der Waals surface area contributed by atoms with Gasteiger partial charge < -0.3 is 0 Å². The van der Waals surface area contributed by atoms with Gasteiger partial charge in [0.15, 0.2) is 0 Å². The highest BCUT2D eigenvalue weighted by Gasteiger charge is 2.10. The van der Waals surface area contributed by atoms with Crippen LogP contribution in [0.3, 0.4) is 0 Å². The molecule has 0 spiro atoms. The van der Waals surface area contributed by atoms with Crippen LogP contribution in [0.15, 0.2) is 65.9 Å². The second-order valence-corrected chi connectivity index (χ2v) is 5.99. The number of benzene rings is 2. The maximum atomic E-state index is 11.0. The molecule has 5 nitrogen and oxygen atoms in total. The normalized spacial score (nSPS) is 11.0. The summed E-state index contributed by atoms with van der Waals surface area (Å²) in [5.74, 6) is -0.221. The van der Waals surface area contributed by atoms with Crippen molar-refractivity contribution in [2.24, 2.45) is 5.10 Å². The van der Waals surface area contributed by atoms with Crippen molar-refractivity contribution in [2.75, 3.05) is 0 Å². The summed E-state index contributed by atoms with van der Waals surface area (Å²) in [7, 11) is 0. The molecule has 25 heavy (non-hydrogen) atoms. The van der Waals surface area contributed by atoms with Crippen LogP contribution in [0.1, 0.15) is 18.1 Å². The molecule has 0 aliphatic rings. The van der Waals surface area contributed by atoms with Gasteiger partial charge in [0.2, 0.25) is 5.91 Å². The van der Waals surface area contributed by atoms with Crippen LogP contribution in [0.4, 0.5) is 0 Å². The van der Waals surface area contributed by atoms with E-state index in [2.05, 4.69) is 27.8 Å². The quantitative estimate of drug-likeness (QED) is 0.562. The summed E-state index contributed by atoms with van der Waals surface area (Å²) >= 11 is 5.97. The molecule has 6 heteroatoms. The minimum absolute atomic E-state index is 0.221. The number of hydrogen-bond donors (Lipinski definition) is 1. The number of rotatable bonds is 5. The molecule has 3 rings (SSSR count). The molecule has 1 heterocycles. The van der Waals surface area contributed by atoms with Crippen LogP contribution >= 0.6 is 11.6 Å². The number of carbonyl (C=O) groups is 1. The van der Waals surface area contributed by atoms with E-state index in [0.29, 0.717) is 11.6 Å². The highest BCUT2D eigenvalue weighted by Crippen LogP contribution is 2.23. The number of hydrogen-bond acceptors (Lipinski definition) is 3. The zero-order chi connectivity index (χ0) is 17.6. The van der Waals surface area contributed by atoms with E-state index in [1.165, 1.54) is 6.92 Å². The van der Waals surface area contributed by atoms with E-state index in [1.807, 2.05) is 53.3 Å². The fourth-order valence-corrected chi connectivity index (χ4v) is 2.53. The molecule has 0 atom stereocenters. The summed E-state index contributed by atoms with van der Waals surface area (Å²) in [6.45, 7) is 2.06. The van der Waals surface area contributed by atoms with Gasteiger partial charge in [-0.1, -0.05) is 54.1 Å². The largest absolute Gasteiger partial charge is 0.274 e. The highest BCUT2D eigenvalue weighted by atomic mass is 35.5. The number of nitrogens with one attached hydrogen (secondary N) is 1. The first kappa shape index (κ1) is 16.9. The Morgan fingerprint density at radius 3 is 2.60 bits per heavy atom. The maximum absolute atomic E-state index is 11.0. The van der Waals surface area contributed by atoms with E-state index < -0.39 is 0 Å². The van der Waals surface area contributed by atoms with Crippen LogP contribution in [0.5, 0.6) is 0 Å². The van der Waals surface area contributed by atoms with E-state index in [9.17, 15) is 4.79 Å². The van der Waals surface area contributed by atoms with Crippen molar-refractivity contribution in [2.45, 2.75) is 13.5 Å². The van der Waals surface area contributed by atoms with E-state index in [1.54, 1.807) is 6.21 Å². The Morgan fingerprint density at radius 2 is 1.92 bits per heavy atom. The Hall–Kier alpha value is -2.92. The Kier molecular flexibility index (Phi) is 5.26. The summed E-state index contributed by atoms with van der Waals surface area (Å²) in [4.78, 5) is 11.0. The average molecular weight is 353 g/mol. The van der Waals surface area contributed by atoms with Crippen molar-refractivity contribution < 1.29 is 4.79 Å². The molecule has 1 aromatic heterocycles. The Balaban J connectivity index is 1.94. The van der Waals surface area contributed by atoms with E-state index >= 15 is 0 Å². The van der Waals surface area contributed by atoms with E-state index in [0.717, 1.165) is 22.4 Å². The lowest BCUT2D eigenvalue weighted by Gasteiger charge is -2.01. The smallest absolute Gasteiger partial charge is 0.236 e. The number of nitrogens with zero attached hydrogens (tertiary/aromatic N) is 3. The second kappa shape index (κ2) is 7.77. The molecule has 0 saturated carbocycles. The van der Waals surface area contributed by atoms with Gasteiger partial charge in [-0.2, -0.15) is 10.2 Å². The molecule has 0 saturated heterocycles. The van der Waals surface area contributed by atoms with Crippen LogP contribution < -0.4 is 5.43 Å². The highest BCUT2D eigenvalue weighted by molar-refractivity contribution is 6.30. The molecular weight excluding hydrogens is 336 g/mol. The van der Waals surface area contributed by atoms with Gasteiger partial charge >= 0.3 is 0 Å². The maximum Gasteiger partial charge on any atom is 0.236 e. The average Bonchev–Trinajstić information content (AvgIpc) is 2.99. The standard InChI is InChI=1S/C19H17ClN4O/c1-14(25)22-21-11-17-13-24(12-15-5-3-2-4-6-15)23-19(17)16-7-9-18(20)10-8-16/h2-11,13H,12H2,1H3,(H,22,25)/b21-11-. The molecule has 126 valence electrons. The fraction of sp³-hybridized carbons (Fsp3) is 0.105. The van der Waals surface area contributed by atoms with Gasteiger partial charge in [-0.25, -0.2) is 5.43 Å². The zero-order valence-electron chi connectivity index (χ0n) is 13.7. The van der Waals surface area contributed by atoms with Crippen LogP contribution in [-0.4, -0.2) is 21.9 Å². The number of amides is 1. The molecule has 0 aliphatic carbocycles. The van der Waals surface area contributed by atoms with Crippen molar-refractivity contribution in [3.05, 3.63) is 76.9 Å². The fourth-order valence-electron chi connectivity index (χ4n) is 2.41. The monoisotopic (exact) mass is 352 g/mol. The first-order chi connectivity index (χ1) is 12.1. The zero-order valence-corrected chi connectivity index (χ0v) is 14.4. The van der Waals surface area contributed by atoms with Gasteiger partial charge in [-0.15, -0.1) is 0 Å². The molecule has 0 radical (unpaired) electrons. The molecule has 0 bridgehead atoms. The van der Waals surface area contributed by atoms with Crippen molar-refractivity contribution >= 4 is 23.7 Å². The molecular formula is C19H17ClN4O. The summed E-state index contributed by atoms with van der Waals surface area (Å²) < 4.78 is 1.86. The SMILES string of the molecule is CC(=O)N/N=C\c1cn(Cc2ccccc2)nc1-c1ccc(Cl)cc1. The summed E-state index contributed by atoms with van der Waals surface area (Å²) in [5, 5.41) is 9.30. The summed E-state index contributed by atoms with van der Waals surface area (Å²) in [6, 6.07) is 17.5. The lowest BCUT2D eigenvalue weighted by atomic mass is 10.1. The lowest BCUT2D eigenvalue weighted by Crippen LogP contribution is -2.12. The molecule has 0 aliphatic heterocycles. The van der Waals surface area contributed by atoms with Gasteiger partial charge in [-0.05, 0) is 17.7 Å².